The van der Waals surface area contributed by atoms with Gasteiger partial charge >= 0.3 is 0 Å². The summed E-state index contributed by atoms with van der Waals surface area (Å²) in [5.74, 6) is 0.907. The standard InChI is InChI=1S/C21H27N3O/c1-3-25-21-10-8-19(9-11-21)16-22-24-14-12-23(13-15-24)17-20-6-4-18(2)5-7-20/h4-11,16H,3,12-15,17H2,1-2H3/b22-16-. The average molecular weight is 337 g/mol. The van der Waals surface area contributed by atoms with Gasteiger partial charge in [0, 0.05) is 32.7 Å². The summed E-state index contributed by atoms with van der Waals surface area (Å²) in [5, 5.41) is 6.78. The highest BCUT2D eigenvalue weighted by Crippen LogP contribution is 2.12. The molecule has 1 saturated heterocycles. The van der Waals surface area contributed by atoms with Crippen molar-refractivity contribution in [2.24, 2.45) is 5.10 Å². The lowest BCUT2D eigenvalue weighted by Gasteiger charge is -2.33. The fraction of sp³-hybridized carbons (Fsp3) is 0.381. The molecule has 132 valence electrons. The van der Waals surface area contributed by atoms with Crippen LogP contribution in [0.2, 0.25) is 0 Å². The number of aryl methyl sites for hydroxylation is 1. The maximum Gasteiger partial charge on any atom is 0.119 e. The molecular weight excluding hydrogens is 310 g/mol. The van der Waals surface area contributed by atoms with Gasteiger partial charge < -0.3 is 4.74 Å². The van der Waals surface area contributed by atoms with Gasteiger partial charge in [0.15, 0.2) is 0 Å². The molecule has 0 saturated carbocycles. The minimum absolute atomic E-state index is 0.695. The van der Waals surface area contributed by atoms with Crippen LogP contribution < -0.4 is 4.74 Å². The monoisotopic (exact) mass is 337 g/mol. The van der Waals surface area contributed by atoms with Crippen LogP contribution in [-0.2, 0) is 6.54 Å². The molecule has 1 heterocycles. The van der Waals surface area contributed by atoms with Gasteiger partial charge in [-0.1, -0.05) is 29.8 Å². The Kier molecular flexibility index (Phi) is 6.07. The second-order valence-electron chi connectivity index (χ2n) is 6.46. The van der Waals surface area contributed by atoms with E-state index in [-0.39, 0.29) is 0 Å². The molecule has 0 amide bonds. The minimum Gasteiger partial charge on any atom is -0.494 e. The number of hydrogen-bond donors (Lipinski definition) is 0. The van der Waals surface area contributed by atoms with Crippen molar-refractivity contribution in [1.82, 2.24) is 9.91 Å². The Labute approximate surface area is 150 Å². The third kappa shape index (κ3) is 5.33. The molecule has 4 heteroatoms. The van der Waals surface area contributed by atoms with Crippen molar-refractivity contribution in [1.29, 1.82) is 0 Å². The van der Waals surface area contributed by atoms with Crippen LogP contribution in [0.5, 0.6) is 5.75 Å². The largest absolute Gasteiger partial charge is 0.494 e. The molecule has 0 aliphatic carbocycles. The summed E-state index contributed by atoms with van der Waals surface area (Å²) >= 11 is 0. The molecule has 0 N–H and O–H groups in total. The highest BCUT2D eigenvalue weighted by atomic mass is 16.5. The van der Waals surface area contributed by atoms with Gasteiger partial charge in [0.05, 0.1) is 12.8 Å². The van der Waals surface area contributed by atoms with Gasteiger partial charge in [-0.25, -0.2) is 0 Å². The lowest BCUT2D eigenvalue weighted by Crippen LogP contribution is -2.43. The predicted octanol–water partition coefficient (Wildman–Crippen LogP) is 3.55. The van der Waals surface area contributed by atoms with Gasteiger partial charge in [-0.15, -0.1) is 0 Å². The molecule has 1 aliphatic heterocycles. The van der Waals surface area contributed by atoms with Gasteiger partial charge in [0.2, 0.25) is 0 Å². The molecule has 0 bridgehead atoms. The number of ether oxygens (including phenoxy) is 1. The Hall–Kier alpha value is -2.33. The topological polar surface area (TPSA) is 28.1 Å². The van der Waals surface area contributed by atoms with E-state index in [0.717, 1.165) is 44.0 Å². The van der Waals surface area contributed by atoms with Crippen LogP contribution in [-0.4, -0.2) is 48.9 Å². The third-order valence-corrected chi connectivity index (χ3v) is 4.44. The number of hydrogen-bond acceptors (Lipinski definition) is 4. The van der Waals surface area contributed by atoms with Gasteiger partial charge in [-0.3, -0.25) is 9.91 Å². The number of rotatable bonds is 6. The average Bonchev–Trinajstić information content (AvgIpc) is 2.64. The van der Waals surface area contributed by atoms with Gasteiger partial charge in [-0.2, -0.15) is 5.10 Å². The van der Waals surface area contributed by atoms with E-state index in [1.165, 1.54) is 11.1 Å². The van der Waals surface area contributed by atoms with Crippen molar-refractivity contribution in [2.45, 2.75) is 20.4 Å². The first-order valence-corrected chi connectivity index (χ1v) is 9.02. The summed E-state index contributed by atoms with van der Waals surface area (Å²) in [6.45, 7) is 9.89. The zero-order valence-corrected chi connectivity index (χ0v) is 15.2. The van der Waals surface area contributed by atoms with E-state index in [1.54, 1.807) is 0 Å². The van der Waals surface area contributed by atoms with E-state index in [0.29, 0.717) is 6.61 Å². The van der Waals surface area contributed by atoms with E-state index in [4.69, 9.17) is 4.74 Å². The second kappa shape index (κ2) is 8.67. The van der Waals surface area contributed by atoms with E-state index in [9.17, 15) is 0 Å². The van der Waals surface area contributed by atoms with Crippen LogP contribution in [0, 0.1) is 6.92 Å². The summed E-state index contributed by atoms with van der Waals surface area (Å²) in [5.41, 5.74) is 3.81. The highest BCUT2D eigenvalue weighted by molar-refractivity contribution is 5.79. The lowest BCUT2D eigenvalue weighted by atomic mass is 10.1. The Bertz CT molecular complexity index is 671. The number of nitrogens with zero attached hydrogens (tertiary/aromatic N) is 3. The molecule has 2 aromatic carbocycles. The van der Waals surface area contributed by atoms with Crippen LogP contribution in [0.3, 0.4) is 0 Å². The van der Waals surface area contributed by atoms with Crippen molar-refractivity contribution in [2.75, 3.05) is 32.8 Å². The van der Waals surface area contributed by atoms with Crippen molar-refractivity contribution in [3.63, 3.8) is 0 Å². The van der Waals surface area contributed by atoms with Gasteiger partial charge in [-0.05, 0) is 49.2 Å². The maximum absolute atomic E-state index is 5.46. The number of hydrazone groups is 1. The predicted molar refractivity (Wildman–Crippen MR) is 103 cm³/mol. The molecule has 1 fully saturated rings. The third-order valence-electron chi connectivity index (χ3n) is 4.44. The first-order valence-electron chi connectivity index (χ1n) is 9.02. The molecule has 0 aromatic heterocycles. The van der Waals surface area contributed by atoms with Crippen LogP contribution in [0.15, 0.2) is 53.6 Å². The second-order valence-corrected chi connectivity index (χ2v) is 6.46. The molecule has 0 spiro atoms. The summed E-state index contributed by atoms with van der Waals surface area (Å²) in [6.07, 6.45) is 1.94. The normalized spacial score (nSPS) is 15.7. The SMILES string of the molecule is CCOc1ccc(/C=N\N2CCN(Cc3ccc(C)cc3)CC2)cc1. The van der Waals surface area contributed by atoms with Gasteiger partial charge in [0.1, 0.15) is 5.75 Å². The molecule has 1 aliphatic rings. The van der Waals surface area contributed by atoms with Crippen LogP contribution >= 0.6 is 0 Å². The van der Waals surface area contributed by atoms with Crippen molar-refractivity contribution >= 4 is 6.21 Å². The van der Waals surface area contributed by atoms with Gasteiger partial charge in [0.25, 0.3) is 0 Å². The minimum atomic E-state index is 0.695. The van der Waals surface area contributed by atoms with E-state index < -0.39 is 0 Å². The summed E-state index contributed by atoms with van der Waals surface area (Å²) in [4.78, 5) is 2.49. The smallest absolute Gasteiger partial charge is 0.119 e. The fourth-order valence-corrected chi connectivity index (χ4v) is 2.93. The first-order chi connectivity index (χ1) is 12.2. The van der Waals surface area contributed by atoms with Crippen molar-refractivity contribution in [3.05, 3.63) is 65.2 Å². The van der Waals surface area contributed by atoms with Crippen molar-refractivity contribution < 1.29 is 4.74 Å². The summed E-state index contributed by atoms with van der Waals surface area (Å²) in [6, 6.07) is 16.9. The molecular formula is C21H27N3O. The van der Waals surface area contributed by atoms with E-state index in [2.05, 4.69) is 46.2 Å². The molecule has 0 radical (unpaired) electrons. The molecule has 25 heavy (non-hydrogen) atoms. The Morgan fingerprint density at radius 3 is 2.28 bits per heavy atom. The Morgan fingerprint density at radius 1 is 0.960 bits per heavy atom. The quantitative estimate of drug-likeness (QED) is 0.755. The molecule has 3 rings (SSSR count). The zero-order valence-electron chi connectivity index (χ0n) is 15.2. The summed E-state index contributed by atoms with van der Waals surface area (Å²) in [7, 11) is 0. The molecule has 0 atom stereocenters. The van der Waals surface area contributed by atoms with Crippen LogP contribution in [0.1, 0.15) is 23.6 Å². The van der Waals surface area contributed by atoms with Crippen LogP contribution in [0.4, 0.5) is 0 Å². The molecule has 4 nitrogen and oxygen atoms in total. The lowest BCUT2D eigenvalue weighted by molar-refractivity contribution is 0.131. The van der Waals surface area contributed by atoms with Crippen molar-refractivity contribution in [3.8, 4) is 5.75 Å². The fourth-order valence-electron chi connectivity index (χ4n) is 2.93. The Morgan fingerprint density at radius 2 is 1.64 bits per heavy atom. The Balaban J connectivity index is 1.46. The molecule has 0 unspecified atom stereocenters. The number of benzene rings is 2. The van der Waals surface area contributed by atoms with E-state index in [1.807, 2.05) is 37.4 Å². The highest BCUT2D eigenvalue weighted by Gasteiger charge is 2.15. The first kappa shape index (κ1) is 17.5. The maximum atomic E-state index is 5.46. The summed E-state index contributed by atoms with van der Waals surface area (Å²) < 4.78 is 5.46. The number of piperazine rings is 1. The molecule has 2 aromatic rings. The van der Waals surface area contributed by atoms with E-state index >= 15 is 0 Å². The van der Waals surface area contributed by atoms with Crippen LogP contribution in [0.25, 0.3) is 0 Å². The zero-order chi connectivity index (χ0) is 17.5.